The molecule has 3 aliphatic heterocycles. The summed E-state index contributed by atoms with van der Waals surface area (Å²) in [5.41, 5.74) is 6.94. The minimum absolute atomic E-state index is 0.0559. The van der Waals surface area contributed by atoms with Crippen molar-refractivity contribution in [3.8, 4) is 11.5 Å². The molecule has 5 aromatic carbocycles. The van der Waals surface area contributed by atoms with Gasteiger partial charge in [-0.2, -0.15) is 0 Å². The van der Waals surface area contributed by atoms with Gasteiger partial charge in [0.25, 0.3) is 11.8 Å². The van der Waals surface area contributed by atoms with E-state index >= 15 is 0 Å². The first kappa shape index (κ1) is 33.0. The summed E-state index contributed by atoms with van der Waals surface area (Å²) in [4.78, 5) is 44.9. The first-order chi connectivity index (χ1) is 25.4. The fourth-order valence-electron chi connectivity index (χ4n) is 7.64. The van der Waals surface area contributed by atoms with Crippen LogP contribution in [0.2, 0.25) is 0 Å². The lowest BCUT2D eigenvalue weighted by Crippen LogP contribution is -2.54. The Labute approximate surface area is 301 Å². The lowest BCUT2D eigenvalue weighted by Gasteiger charge is -2.44. The third kappa shape index (κ3) is 6.19. The Kier molecular flexibility index (Phi) is 8.76. The van der Waals surface area contributed by atoms with Gasteiger partial charge in [0.2, 0.25) is 0 Å². The average Bonchev–Trinajstić information content (AvgIpc) is 3.17. The summed E-state index contributed by atoms with van der Waals surface area (Å²) in [6, 6.07) is 34.7. The topological polar surface area (TPSA) is 88.2 Å². The maximum absolute atomic E-state index is 14.4. The highest BCUT2D eigenvalue weighted by atomic mass is 19.1. The zero-order chi connectivity index (χ0) is 35.8. The number of methoxy groups -OCH3 is 1. The molecule has 8 rings (SSSR count). The van der Waals surface area contributed by atoms with Crippen molar-refractivity contribution < 1.29 is 28.2 Å². The molecule has 1 fully saturated rings. The fraction of sp³-hybridized carbons (Fsp3) is 0.186. The van der Waals surface area contributed by atoms with E-state index in [1.54, 1.807) is 30.3 Å². The number of barbiturate groups is 1. The van der Waals surface area contributed by atoms with Crippen LogP contribution in [0.5, 0.6) is 11.5 Å². The molecule has 9 heteroatoms. The molecule has 0 radical (unpaired) electrons. The van der Waals surface area contributed by atoms with E-state index in [0.29, 0.717) is 22.7 Å². The maximum Gasteiger partial charge on any atom is 0.335 e. The van der Waals surface area contributed by atoms with Gasteiger partial charge in [-0.15, -0.1) is 0 Å². The summed E-state index contributed by atoms with van der Waals surface area (Å²) in [6.45, 7) is 1.91. The first-order valence-corrected chi connectivity index (χ1v) is 17.4. The van der Waals surface area contributed by atoms with Gasteiger partial charge in [0, 0.05) is 42.2 Å². The van der Waals surface area contributed by atoms with Crippen LogP contribution in [0, 0.1) is 5.82 Å². The molecule has 52 heavy (non-hydrogen) atoms. The molecular weight excluding hydrogens is 657 g/mol. The molecule has 0 unspecified atom stereocenters. The Morgan fingerprint density at radius 2 is 1.40 bits per heavy atom. The Morgan fingerprint density at radius 1 is 0.788 bits per heavy atom. The van der Waals surface area contributed by atoms with E-state index in [4.69, 9.17) is 9.47 Å². The van der Waals surface area contributed by atoms with Crippen LogP contribution >= 0.6 is 0 Å². The molecule has 0 bridgehead atoms. The summed E-state index contributed by atoms with van der Waals surface area (Å²) in [5.74, 6) is -0.942. The van der Waals surface area contributed by atoms with Crippen molar-refractivity contribution in [2.24, 2.45) is 0 Å². The molecule has 4 amide bonds. The van der Waals surface area contributed by atoms with Crippen LogP contribution in [0.25, 0.3) is 6.08 Å². The van der Waals surface area contributed by atoms with Gasteiger partial charge in [-0.3, -0.25) is 14.9 Å². The van der Waals surface area contributed by atoms with E-state index in [2.05, 4.69) is 34.5 Å². The summed E-state index contributed by atoms with van der Waals surface area (Å²) in [5, 5.41) is 2.41. The third-order valence-electron chi connectivity index (χ3n) is 10.2. The van der Waals surface area contributed by atoms with E-state index < -0.39 is 17.8 Å². The van der Waals surface area contributed by atoms with Crippen LogP contribution in [0.15, 0.2) is 121 Å². The highest BCUT2D eigenvalue weighted by Gasteiger charge is 2.40. The van der Waals surface area contributed by atoms with Gasteiger partial charge >= 0.3 is 6.03 Å². The molecule has 0 aromatic heterocycles. The van der Waals surface area contributed by atoms with Crippen molar-refractivity contribution in [3.63, 3.8) is 0 Å². The van der Waals surface area contributed by atoms with Gasteiger partial charge in [0.05, 0.1) is 12.8 Å². The van der Waals surface area contributed by atoms with Crippen LogP contribution in [0.1, 0.15) is 58.1 Å². The van der Waals surface area contributed by atoms with Crippen LogP contribution in [-0.4, -0.2) is 38.0 Å². The van der Waals surface area contributed by atoms with E-state index in [1.165, 1.54) is 36.4 Å². The number of urea groups is 1. The quantitative estimate of drug-likeness (QED) is 0.131. The molecule has 3 aliphatic rings. The van der Waals surface area contributed by atoms with Crippen molar-refractivity contribution in [2.45, 2.75) is 31.3 Å². The molecule has 3 heterocycles. The predicted molar refractivity (Wildman–Crippen MR) is 197 cm³/mol. The summed E-state index contributed by atoms with van der Waals surface area (Å²) < 4.78 is 25.0. The number of nitrogens with zero attached hydrogens (tertiary/aromatic N) is 2. The number of halogens is 1. The molecule has 260 valence electrons. The molecule has 0 aliphatic carbocycles. The number of benzene rings is 5. The molecule has 5 aromatic rings. The Hall–Kier alpha value is -6.22. The largest absolute Gasteiger partial charge is 0.497 e. The number of nitrogens with one attached hydrogen (secondary N) is 1. The normalized spacial score (nSPS) is 19.0. The third-order valence-corrected chi connectivity index (χ3v) is 10.2. The smallest absolute Gasteiger partial charge is 0.335 e. The highest BCUT2D eigenvalue weighted by Crippen LogP contribution is 2.50. The number of rotatable bonds is 8. The number of amides is 4. The number of hydrogen-bond acceptors (Lipinski definition) is 6. The highest BCUT2D eigenvalue weighted by molar-refractivity contribution is 6.39. The fourth-order valence-corrected chi connectivity index (χ4v) is 7.64. The van der Waals surface area contributed by atoms with Gasteiger partial charge in [-0.25, -0.2) is 14.1 Å². The van der Waals surface area contributed by atoms with E-state index in [-0.39, 0.29) is 29.8 Å². The second-order valence-electron chi connectivity index (χ2n) is 13.2. The lowest BCUT2D eigenvalue weighted by molar-refractivity contribution is -0.122. The summed E-state index contributed by atoms with van der Waals surface area (Å²) >= 11 is 0. The SMILES string of the molecule is COc1ccc(/C=C2\C(=O)NC(=O)N(c3cc4c5c(c3)[C@H](c3ccccc3)CCN5CC[C@H]4c3ccccc3)C2=O)c(OCc2ccc(F)cc2)c1. The summed E-state index contributed by atoms with van der Waals surface area (Å²) in [6.07, 6.45) is 3.20. The number of carbonyl (C=O) groups is 3. The molecule has 1 N–H and O–H groups in total. The number of hydrogen-bond donors (Lipinski definition) is 1. The van der Waals surface area contributed by atoms with Gasteiger partial charge in [-0.1, -0.05) is 72.8 Å². The van der Waals surface area contributed by atoms with Gasteiger partial charge in [0.15, 0.2) is 0 Å². The molecule has 2 atom stereocenters. The number of anilines is 2. The van der Waals surface area contributed by atoms with E-state index in [9.17, 15) is 18.8 Å². The number of carbonyl (C=O) groups excluding carboxylic acids is 3. The molecule has 0 spiro atoms. The lowest BCUT2D eigenvalue weighted by atomic mass is 9.76. The number of imide groups is 2. The van der Waals surface area contributed by atoms with Gasteiger partial charge in [0.1, 0.15) is 29.5 Å². The molecule has 1 saturated heterocycles. The second kappa shape index (κ2) is 13.8. The van der Waals surface area contributed by atoms with Crippen molar-refractivity contribution in [1.82, 2.24) is 5.32 Å². The zero-order valence-corrected chi connectivity index (χ0v) is 28.6. The van der Waals surface area contributed by atoms with Crippen molar-refractivity contribution in [3.05, 3.63) is 160 Å². The van der Waals surface area contributed by atoms with Crippen LogP contribution in [0.3, 0.4) is 0 Å². The zero-order valence-electron chi connectivity index (χ0n) is 28.6. The van der Waals surface area contributed by atoms with Crippen LogP contribution < -0.4 is 24.6 Å². The Bertz CT molecular complexity index is 2130. The molecule has 0 saturated carbocycles. The minimum Gasteiger partial charge on any atom is -0.497 e. The van der Waals surface area contributed by atoms with Gasteiger partial charge in [-0.05, 0) is 83.1 Å². The molecular formula is C43H36FN3O5. The second-order valence-corrected chi connectivity index (χ2v) is 13.2. The first-order valence-electron chi connectivity index (χ1n) is 17.4. The van der Waals surface area contributed by atoms with E-state index in [1.807, 2.05) is 48.5 Å². The Balaban J connectivity index is 1.21. The van der Waals surface area contributed by atoms with Gasteiger partial charge < -0.3 is 14.4 Å². The standard InChI is InChI=1S/C43H36FN3O5/c1-51-33-17-14-30(39(25-33)52-26-27-12-15-31(44)16-13-27)22-38-41(48)45-43(50)47(42(38)49)32-23-36-34(28-8-4-2-5-9-28)18-20-46-21-19-35(37(24-32)40(36)46)29-10-6-3-7-11-29/h2-17,22-25,34-35H,18-21,26H2,1H3,(H,45,48,50)/b38-22+/t34-,35-/m0/s1. The Morgan fingerprint density at radius 3 is 2.00 bits per heavy atom. The van der Waals surface area contributed by atoms with Crippen molar-refractivity contribution >= 4 is 35.3 Å². The molecule has 8 nitrogen and oxygen atoms in total. The predicted octanol–water partition coefficient (Wildman–Crippen LogP) is 7.96. The van der Waals surface area contributed by atoms with Crippen molar-refractivity contribution in [1.29, 1.82) is 0 Å². The maximum atomic E-state index is 14.4. The van der Waals surface area contributed by atoms with Crippen LogP contribution in [0.4, 0.5) is 20.6 Å². The van der Waals surface area contributed by atoms with Crippen molar-refractivity contribution in [2.75, 3.05) is 30.0 Å². The average molecular weight is 694 g/mol. The number of ether oxygens (including phenoxy) is 2. The minimum atomic E-state index is -0.808. The monoisotopic (exact) mass is 693 g/mol. The van der Waals surface area contributed by atoms with E-state index in [0.717, 1.165) is 53.2 Å². The van der Waals surface area contributed by atoms with Crippen LogP contribution in [-0.2, 0) is 16.2 Å². The summed E-state index contributed by atoms with van der Waals surface area (Å²) in [7, 11) is 1.52.